The van der Waals surface area contributed by atoms with E-state index in [1.165, 1.54) is 19.3 Å². The molecule has 0 aromatic carbocycles. The van der Waals surface area contributed by atoms with Gasteiger partial charge in [0, 0.05) is 31.3 Å². The first-order chi connectivity index (χ1) is 17.6. The fourth-order valence-electron chi connectivity index (χ4n) is 5.52. The summed E-state index contributed by atoms with van der Waals surface area (Å²) in [5.74, 6) is 0.317. The molecule has 0 aromatic rings. The molecule has 0 aromatic heterocycles. The van der Waals surface area contributed by atoms with Gasteiger partial charge in [-0.1, -0.05) is 71.3 Å². The van der Waals surface area contributed by atoms with Crippen LogP contribution in [0.5, 0.6) is 0 Å². The zero-order valence-corrected chi connectivity index (χ0v) is 25.5. The van der Waals surface area contributed by atoms with Crippen LogP contribution in [0.4, 0.5) is 0 Å². The lowest BCUT2D eigenvalue weighted by molar-refractivity contribution is -0.193. The summed E-state index contributed by atoms with van der Waals surface area (Å²) < 4.78 is 25.5. The topological polar surface area (TPSA) is 54.0 Å². The largest absolute Gasteiger partial charge is 0.462 e. The number of hydrogen-bond acceptors (Lipinski definition) is 5. The number of unbranched alkanes of at least 4 members (excludes halogenated alkanes) is 2. The van der Waals surface area contributed by atoms with Crippen LogP contribution in [-0.2, 0) is 23.4 Å². The number of esters is 1. The van der Waals surface area contributed by atoms with Gasteiger partial charge in [0.15, 0.2) is 14.6 Å². The van der Waals surface area contributed by atoms with Crippen molar-refractivity contribution < 1.29 is 23.4 Å². The average Bonchev–Trinajstić information content (AvgIpc) is 3.15. The van der Waals surface area contributed by atoms with Crippen LogP contribution in [0.1, 0.15) is 105 Å². The van der Waals surface area contributed by atoms with Gasteiger partial charge in [-0.15, -0.1) is 0 Å². The van der Waals surface area contributed by atoms with Crippen LogP contribution in [0.3, 0.4) is 0 Å². The Morgan fingerprint density at radius 2 is 1.97 bits per heavy atom. The maximum absolute atomic E-state index is 12.6. The summed E-state index contributed by atoms with van der Waals surface area (Å²) in [4.78, 5) is 12.6. The Labute approximate surface area is 227 Å². The zero-order chi connectivity index (χ0) is 26.9. The molecular weight excluding hydrogens is 480 g/mol. The minimum absolute atomic E-state index is 0.0135. The summed E-state index contributed by atoms with van der Waals surface area (Å²) in [6, 6.07) is 0. The summed E-state index contributed by atoms with van der Waals surface area (Å²) in [5, 5.41) is 0.168. The van der Waals surface area contributed by atoms with Crippen LogP contribution in [-0.4, -0.2) is 45.5 Å². The molecule has 2 heterocycles. The van der Waals surface area contributed by atoms with Crippen molar-refractivity contribution in [2.75, 3.05) is 6.61 Å². The predicted molar refractivity (Wildman–Crippen MR) is 153 cm³/mol. The molecule has 6 atom stereocenters. The van der Waals surface area contributed by atoms with Crippen LogP contribution in [0, 0.1) is 11.8 Å². The molecule has 3 rings (SSSR count). The van der Waals surface area contributed by atoms with Crippen LogP contribution in [0.2, 0.25) is 18.1 Å². The number of rotatable bonds is 10. The Kier molecular flexibility index (Phi) is 11.9. The first kappa shape index (κ1) is 30.6. The van der Waals surface area contributed by atoms with Gasteiger partial charge in [0.25, 0.3) is 0 Å². The van der Waals surface area contributed by atoms with Gasteiger partial charge < -0.3 is 18.6 Å². The van der Waals surface area contributed by atoms with Crippen molar-refractivity contribution in [2.24, 2.45) is 11.8 Å². The molecule has 0 amide bonds. The van der Waals surface area contributed by atoms with Gasteiger partial charge in [0.2, 0.25) is 0 Å². The average molecular weight is 535 g/mol. The molecule has 6 heteroatoms. The molecule has 0 bridgehead atoms. The van der Waals surface area contributed by atoms with E-state index in [0.717, 1.165) is 58.0 Å². The molecule has 37 heavy (non-hydrogen) atoms. The molecule has 2 fully saturated rings. The maximum atomic E-state index is 12.6. The fourth-order valence-corrected chi connectivity index (χ4v) is 6.82. The SMILES string of the molecule is CCCCCC(/C=C/[C@@H]1[C@H]2C/C=C\CCCC(=O)O[C@H]2C[C@H]1OC1CCCCO1)O[Si](C)(C)C(C)(C)C. The second-order valence-electron chi connectivity index (χ2n) is 12.9. The lowest BCUT2D eigenvalue weighted by atomic mass is 9.89. The van der Waals surface area contributed by atoms with Crippen molar-refractivity contribution in [3.05, 3.63) is 24.3 Å². The van der Waals surface area contributed by atoms with Crippen molar-refractivity contribution in [1.29, 1.82) is 0 Å². The van der Waals surface area contributed by atoms with Crippen molar-refractivity contribution in [3.63, 3.8) is 0 Å². The Morgan fingerprint density at radius 1 is 1.16 bits per heavy atom. The van der Waals surface area contributed by atoms with Crippen LogP contribution in [0.15, 0.2) is 24.3 Å². The van der Waals surface area contributed by atoms with Gasteiger partial charge in [-0.25, -0.2) is 0 Å². The van der Waals surface area contributed by atoms with E-state index >= 15 is 0 Å². The first-order valence-electron chi connectivity index (χ1n) is 15.1. The van der Waals surface area contributed by atoms with Gasteiger partial charge in [0.1, 0.15) is 6.10 Å². The van der Waals surface area contributed by atoms with Gasteiger partial charge in [-0.2, -0.15) is 0 Å². The normalized spacial score (nSPS) is 31.6. The fraction of sp³-hybridized carbons (Fsp3) is 0.839. The monoisotopic (exact) mass is 534 g/mol. The van der Waals surface area contributed by atoms with Crippen LogP contribution < -0.4 is 0 Å². The molecule has 0 N–H and O–H groups in total. The zero-order valence-electron chi connectivity index (χ0n) is 24.5. The predicted octanol–water partition coefficient (Wildman–Crippen LogP) is 8.10. The van der Waals surface area contributed by atoms with E-state index < -0.39 is 8.32 Å². The highest BCUT2D eigenvalue weighted by atomic mass is 28.4. The van der Waals surface area contributed by atoms with Crippen molar-refractivity contribution >= 4 is 14.3 Å². The highest BCUT2D eigenvalue weighted by Crippen LogP contribution is 2.42. The number of hydrogen-bond donors (Lipinski definition) is 0. The maximum Gasteiger partial charge on any atom is 0.306 e. The number of carbonyl (C=O) groups is 1. The third-order valence-electron chi connectivity index (χ3n) is 8.83. The lowest BCUT2D eigenvalue weighted by Crippen LogP contribution is -2.43. The molecule has 1 aliphatic carbocycles. The smallest absolute Gasteiger partial charge is 0.306 e. The molecule has 0 spiro atoms. The van der Waals surface area contributed by atoms with Gasteiger partial charge in [-0.05, 0) is 63.1 Å². The highest BCUT2D eigenvalue weighted by molar-refractivity contribution is 6.74. The second kappa shape index (κ2) is 14.4. The molecular formula is C31H54O5Si. The molecule has 5 nitrogen and oxygen atoms in total. The third-order valence-corrected chi connectivity index (χ3v) is 13.3. The Morgan fingerprint density at radius 3 is 2.68 bits per heavy atom. The van der Waals surface area contributed by atoms with Crippen LogP contribution in [0.25, 0.3) is 0 Å². The molecule has 2 aliphatic heterocycles. The molecule has 3 aliphatic rings. The number of carbonyl (C=O) groups excluding carboxylic acids is 1. The standard InChI is InChI=1S/C31H54O5Si/c1-7-8-11-16-24(36-37(5,6)31(2,3)4)20-21-26-25-17-12-9-10-13-18-29(32)34-27(25)23-28(26)35-30-19-14-15-22-33-30/h9,12,20-21,24-28,30H,7-8,10-11,13-19,22-23H2,1-6H3/b12-9-,21-20+/t24?,25-,26-,27+,28-,30?/m1/s1. The van der Waals surface area contributed by atoms with Crippen LogP contribution >= 0.6 is 0 Å². The summed E-state index contributed by atoms with van der Waals surface area (Å²) in [5.41, 5.74) is 0. The van der Waals surface area contributed by atoms with E-state index in [-0.39, 0.29) is 47.4 Å². The summed E-state index contributed by atoms with van der Waals surface area (Å²) >= 11 is 0. The second-order valence-corrected chi connectivity index (χ2v) is 17.6. The first-order valence-corrected chi connectivity index (χ1v) is 18.0. The van der Waals surface area contributed by atoms with E-state index in [9.17, 15) is 4.79 Å². The molecule has 212 valence electrons. The quantitative estimate of drug-likeness (QED) is 0.123. The molecule has 0 radical (unpaired) electrons. The van der Waals surface area contributed by atoms with E-state index in [0.29, 0.717) is 6.42 Å². The molecule has 1 saturated carbocycles. The van der Waals surface area contributed by atoms with E-state index in [1.54, 1.807) is 0 Å². The number of ether oxygens (including phenoxy) is 3. The van der Waals surface area contributed by atoms with Crippen molar-refractivity contribution in [2.45, 2.75) is 147 Å². The van der Waals surface area contributed by atoms with E-state index in [2.05, 4.69) is 65.1 Å². The van der Waals surface area contributed by atoms with Crippen molar-refractivity contribution in [3.8, 4) is 0 Å². The summed E-state index contributed by atoms with van der Waals surface area (Å²) in [6.45, 7) is 14.6. The highest BCUT2D eigenvalue weighted by Gasteiger charge is 2.45. The minimum atomic E-state index is -1.91. The number of allylic oxidation sites excluding steroid dienone is 2. The Bertz CT molecular complexity index is 749. The van der Waals surface area contributed by atoms with Gasteiger partial charge in [-0.3, -0.25) is 4.79 Å². The molecule has 2 unspecified atom stereocenters. The Hall–Kier alpha value is -0.953. The van der Waals surface area contributed by atoms with Crippen molar-refractivity contribution in [1.82, 2.24) is 0 Å². The Balaban J connectivity index is 1.84. The van der Waals surface area contributed by atoms with Gasteiger partial charge >= 0.3 is 5.97 Å². The molecule has 1 saturated heterocycles. The summed E-state index contributed by atoms with van der Waals surface area (Å²) in [7, 11) is -1.91. The van der Waals surface area contributed by atoms with Gasteiger partial charge in [0.05, 0.1) is 12.2 Å². The van der Waals surface area contributed by atoms with E-state index in [1.807, 2.05) is 0 Å². The summed E-state index contributed by atoms with van der Waals surface area (Å²) in [6.07, 6.45) is 20.8. The van der Waals surface area contributed by atoms with E-state index in [4.69, 9.17) is 18.6 Å². The lowest BCUT2D eigenvalue weighted by Gasteiger charge is -2.39. The minimum Gasteiger partial charge on any atom is -0.462 e. The third kappa shape index (κ3) is 9.33. The number of fused-ring (bicyclic) bond motifs is 1.